The Labute approximate surface area is 454 Å². The number of hydrogen-bond acceptors (Lipinski definition) is 17. The van der Waals surface area contributed by atoms with Gasteiger partial charge in [0.25, 0.3) is 11.8 Å². The van der Waals surface area contributed by atoms with Crippen LogP contribution < -0.4 is 26.6 Å². The van der Waals surface area contributed by atoms with Crippen LogP contribution in [0.2, 0.25) is 0 Å². The van der Waals surface area contributed by atoms with E-state index in [-0.39, 0.29) is 36.3 Å². The lowest BCUT2D eigenvalue weighted by Gasteiger charge is -2.67. The molecular weight excluding hydrogens is 1010 g/mol. The summed E-state index contributed by atoms with van der Waals surface area (Å²) in [5.74, 6) is -5.75. The highest BCUT2D eigenvalue weighted by Crippen LogP contribution is 2.64. The number of unbranched alkanes of at least 4 members (excludes halogenated alkanes) is 1. The quantitative estimate of drug-likeness (QED) is 0.0290. The largest absolute Gasteiger partial charge is 0.455 e. The number of hydrogen-bond donors (Lipinski definition) is 8. The summed E-state index contributed by atoms with van der Waals surface area (Å²) in [5.41, 5.74) is -6.03. The molecule has 3 amide bonds. The van der Waals surface area contributed by atoms with Gasteiger partial charge < -0.3 is 65.6 Å². The minimum absolute atomic E-state index is 0.100. The number of ether oxygens (including phenoxy) is 5. The van der Waals surface area contributed by atoms with Crippen LogP contribution in [0.15, 0.2) is 102 Å². The van der Waals surface area contributed by atoms with E-state index in [9.17, 15) is 44.1 Å². The summed E-state index contributed by atoms with van der Waals surface area (Å²) < 4.78 is 30.6. The van der Waals surface area contributed by atoms with Gasteiger partial charge in [0.2, 0.25) is 0 Å². The minimum atomic E-state index is -2.23. The van der Waals surface area contributed by atoms with Gasteiger partial charge in [-0.05, 0) is 107 Å². The van der Waals surface area contributed by atoms with Crippen molar-refractivity contribution in [3.8, 4) is 0 Å². The Morgan fingerprint density at radius 1 is 0.731 bits per heavy atom. The normalized spacial score (nSPS) is 27.6. The first kappa shape index (κ1) is 59.1. The van der Waals surface area contributed by atoms with Crippen LogP contribution >= 0.6 is 0 Å². The van der Waals surface area contributed by atoms with Crippen molar-refractivity contribution in [2.24, 2.45) is 16.7 Å². The summed E-state index contributed by atoms with van der Waals surface area (Å²) in [4.78, 5) is 95.7. The van der Waals surface area contributed by atoms with E-state index in [4.69, 9.17) is 23.7 Å². The number of benzene rings is 3. The second-order valence-corrected chi connectivity index (χ2v) is 21.5. The second kappa shape index (κ2) is 25.5. The van der Waals surface area contributed by atoms with Crippen LogP contribution in [-0.4, -0.2) is 151 Å². The van der Waals surface area contributed by atoms with Gasteiger partial charge in [-0.1, -0.05) is 80.6 Å². The molecule has 1 saturated heterocycles. The smallest absolute Gasteiger partial charge is 0.407 e. The molecule has 2 bridgehead atoms. The monoisotopic (exact) mass is 1080 g/mol. The summed E-state index contributed by atoms with van der Waals surface area (Å²) in [6.07, 6.45) is -7.36. The number of rotatable bonds is 23. The average molecular weight is 1080 g/mol. The van der Waals surface area contributed by atoms with Crippen LogP contribution in [-0.2, 0) is 42.9 Å². The summed E-state index contributed by atoms with van der Waals surface area (Å²) >= 11 is 0. The van der Waals surface area contributed by atoms with E-state index >= 15 is 4.79 Å². The predicted molar refractivity (Wildman–Crippen MR) is 283 cm³/mol. The van der Waals surface area contributed by atoms with Gasteiger partial charge in [-0.25, -0.2) is 9.59 Å². The van der Waals surface area contributed by atoms with Gasteiger partial charge in [0.1, 0.15) is 23.9 Å². The van der Waals surface area contributed by atoms with Crippen LogP contribution in [0.4, 0.5) is 4.79 Å². The maximum Gasteiger partial charge on any atom is 0.407 e. The average Bonchev–Trinajstić information content (AvgIpc) is 3.32. The summed E-state index contributed by atoms with van der Waals surface area (Å²) in [6, 6.07) is 24.5. The molecule has 7 rings (SSSR count). The number of amides is 3. The summed E-state index contributed by atoms with van der Waals surface area (Å²) in [5, 5.41) is 51.1. The topological polar surface area (TPSA) is 286 Å². The van der Waals surface area contributed by atoms with Crippen molar-refractivity contribution in [2.75, 3.05) is 45.9 Å². The molecule has 4 aliphatic rings. The fraction of sp³-hybridized carbons (Fsp3) is 0.534. The SMILES string of the molecule is CC(=O)O[C@H]1C(=O)[C@]2(C)[C@@H](OC(=O)NCCCNCCCCNCCCNC(=O)[C@@H](O)[C@H](NC(=O)c3ccccc3)c3ccccc3)C[C@H]3OC[C@@]3(OC(C)=O)[C@H]2[C@H](OC(=O)c2ccccc2)[C@]2(O)C[C@H](O)C(C)=C1C2(C)C. The number of Topliss-reactive ketones (excluding diaryl/α,β-unsaturated/α-hetero) is 1. The van der Waals surface area contributed by atoms with Crippen LogP contribution in [0.3, 0.4) is 0 Å². The molecular formula is C58H75N5O15. The highest BCUT2D eigenvalue weighted by molar-refractivity contribution is 5.96. The molecule has 20 nitrogen and oxygen atoms in total. The molecule has 0 radical (unpaired) electrons. The number of carbonyl (C=O) groups is 7. The first-order chi connectivity index (χ1) is 37.2. The Kier molecular flexibility index (Phi) is 19.3. The molecule has 3 aromatic rings. The van der Waals surface area contributed by atoms with Crippen LogP contribution in [0.1, 0.15) is 112 Å². The van der Waals surface area contributed by atoms with Crippen molar-refractivity contribution in [2.45, 2.75) is 134 Å². The van der Waals surface area contributed by atoms with Crippen molar-refractivity contribution in [1.82, 2.24) is 26.6 Å². The molecule has 20 heteroatoms. The Morgan fingerprint density at radius 3 is 1.86 bits per heavy atom. The van der Waals surface area contributed by atoms with Crippen molar-refractivity contribution in [3.05, 3.63) is 119 Å². The zero-order chi connectivity index (χ0) is 56.4. The molecule has 78 heavy (non-hydrogen) atoms. The zero-order valence-corrected chi connectivity index (χ0v) is 45.2. The van der Waals surface area contributed by atoms with E-state index in [1.54, 1.807) is 93.6 Å². The minimum Gasteiger partial charge on any atom is -0.455 e. The molecule has 8 N–H and O–H groups in total. The third-order valence-corrected chi connectivity index (χ3v) is 16.1. The van der Waals surface area contributed by atoms with E-state index in [1.165, 1.54) is 26.0 Å². The van der Waals surface area contributed by atoms with Crippen molar-refractivity contribution in [3.63, 3.8) is 0 Å². The van der Waals surface area contributed by atoms with Crippen molar-refractivity contribution >= 4 is 41.6 Å². The van der Waals surface area contributed by atoms with Crippen molar-refractivity contribution in [1.29, 1.82) is 0 Å². The molecule has 0 unspecified atom stereocenters. The van der Waals surface area contributed by atoms with Gasteiger partial charge in [-0.3, -0.25) is 24.0 Å². The van der Waals surface area contributed by atoms with Crippen LogP contribution in [0.25, 0.3) is 0 Å². The third-order valence-electron chi connectivity index (χ3n) is 16.1. The zero-order valence-electron chi connectivity index (χ0n) is 45.2. The first-order valence-corrected chi connectivity index (χ1v) is 26.8. The molecule has 3 aliphatic carbocycles. The van der Waals surface area contributed by atoms with Gasteiger partial charge in [-0.15, -0.1) is 0 Å². The summed E-state index contributed by atoms with van der Waals surface area (Å²) in [7, 11) is 0. The standard InChI is InChI=1S/C58H75N5O15/c1-35-41(66)33-58(73)50(77-53(71)40-24-14-9-15-25-40)48-56(6,49(68)47(75-36(2)64)44(35)55(58,4)5)42(32-43-57(48,34-74-43)78-37(3)65)76-54(72)62-31-19-29-60-27-17-16-26-59-28-18-30-61-52(70)46(67)45(38-20-10-7-11-21-38)63-51(69)39-22-12-8-13-23-39/h7-15,20-25,41-43,45-48,50,59-60,66-67,73H,16-19,26-34H2,1-6H3,(H,61,70)(H,62,72)(H,63,69)/t41-,42-,43+,45+,46-,47+,48-,50-,56+,57-,58+/m0/s1. The summed E-state index contributed by atoms with van der Waals surface area (Å²) in [6.45, 7) is 11.4. The lowest BCUT2D eigenvalue weighted by Crippen LogP contribution is -2.82. The number of nitrogens with one attached hydrogen (secondary N) is 5. The number of esters is 3. The molecule has 2 saturated carbocycles. The molecule has 0 aromatic heterocycles. The molecule has 422 valence electrons. The number of aliphatic hydroxyl groups excluding tert-OH is 2. The van der Waals surface area contributed by atoms with Crippen molar-refractivity contribution < 1.29 is 72.6 Å². The molecule has 3 fully saturated rings. The van der Waals surface area contributed by atoms with Gasteiger partial charge in [0.05, 0.1) is 35.6 Å². The Hall–Kier alpha value is -6.55. The predicted octanol–water partition coefficient (Wildman–Crippen LogP) is 3.77. The van der Waals surface area contributed by atoms with E-state index in [1.807, 2.05) is 6.07 Å². The van der Waals surface area contributed by atoms with E-state index in [0.717, 1.165) is 26.3 Å². The number of carbonyl (C=O) groups excluding carboxylic acids is 7. The van der Waals surface area contributed by atoms with E-state index in [2.05, 4.69) is 26.6 Å². The third kappa shape index (κ3) is 12.5. The van der Waals surface area contributed by atoms with Gasteiger partial charge >= 0.3 is 24.0 Å². The van der Waals surface area contributed by atoms with E-state index in [0.29, 0.717) is 50.1 Å². The highest BCUT2D eigenvalue weighted by Gasteiger charge is 2.79. The maximum absolute atomic E-state index is 15.7. The molecule has 11 atom stereocenters. The second-order valence-electron chi connectivity index (χ2n) is 21.5. The van der Waals surface area contributed by atoms with Gasteiger partial charge in [0, 0.05) is 50.8 Å². The Bertz CT molecular complexity index is 2660. The Morgan fingerprint density at radius 2 is 1.29 bits per heavy atom. The highest BCUT2D eigenvalue weighted by atomic mass is 16.6. The first-order valence-electron chi connectivity index (χ1n) is 26.8. The number of alkyl carbamates (subject to hydrolysis) is 1. The van der Waals surface area contributed by atoms with Crippen LogP contribution in [0, 0.1) is 16.7 Å². The van der Waals surface area contributed by atoms with E-state index < -0.39 is 119 Å². The van der Waals surface area contributed by atoms with Crippen LogP contribution in [0.5, 0.6) is 0 Å². The number of aliphatic hydroxyl groups is 3. The number of fused-ring (bicyclic) bond motifs is 5. The fourth-order valence-electron chi connectivity index (χ4n) is 11.9. The molecule has 1 aliphatic heterocycles. The fourth-order valence-corrected chi connectivity index (χ4v) is 11.9. The molecule has 1 heterocycles. The molecule has 3 aromatic carbocycles. The number of ketones is 1. The Balaban J connectivity index is 0.918. The van der Waals surface area contributed by atoms with Gasteiger partial charge in [-0.2, -0.15) is 0 Å². The van der Waals surface area contributed by atoms with Gasteiger partial charge in [0.15, 0.2) is 23.6 Å². The molecule has 0 spiro atoms. The maximum atomic E-state index is 15.7. The lowest BCUT2D eigenvalue weighted by molar-refractivity contribution is -0.345. The lowest BCUT2D eigenvalue weighted by atomic mass is 9.44.